The van der Waals surface area contributed by atoms with Crippen molar-refractivity contribution < 1.29 is 14.4 Å². The summed E-state index contributed by atoms with van der Waals surface area (Å²) in [6.45, 7) is 4.81. The number of para-hydroxylation sites is 1. The molecule has 7 nitrogen and oxygen atoms in total. The third kappa shape index (κ3) is 3.49. The van der Waals surface area contributed by atoms with Gasteiger partial charge < -0.3 is 9.80 Å². The van der Waals surface area contributed by atoms with Crippen LogP contribution >= 0.6 is 11.3 Å². The minimum atomic E-state index is -0.671. The molecule has 0 spiro atoms. The van der Waals surface area contributed by atoms with Gasteiger partial charge in [-0.1, -0.05) is 12.1 Å². The van der Waals surface area contributed by atoms with Gasteiger partial charge in [0.25, 0.3) is 5.91 Å². The fourth-order valence-corrected chi connectivity index (χ4v) is 5.21. The monoisotopic (exact) mass is 426 g/mol. The van der Waals surface area contributed by atoms with Crippen molar-refractivity contribution in [2.45, 2.75) is 51.7 Å². The maximum atomic E-state index is 13.2. The topological polar surface area (TPSA) is 73.8 Å². The van der Waals surface area contributed by atoms with Gasteiger partial charge in [0.2, 0.25) is 11.8 Å². The van der Waals surface area contributed by atoms with Crippen LogP contribution in [-0.2, 0) is 16.1 Å². The van der Waals surface area contributed by atoms with Gasteiger partial charge in [-0.2, -0.15) is 0 Å². The average molecular weight is 427 g/mol. The van der Waals surface area contributed by atoms with Crippen molar-refractivity contribution in [1.82, 2.24) is 14.8 Å². The van der Waals surface area contributed by atoms with Gasteiger partial charge in [0.1, 0.15) is 10.7 Å². The van der Waals surface area contributed by atoms with Gasteiger partial charge in [0, 0.05) is 37.5 Å². The molecule has 0 bridgehead atoms. The third-order valence-corrected chi connectivity index (χ3v) is 6.93. The second-order valence-electron chi connectivity index (χ2n) is 8.16. The number of carbonyl (C=O) groups is 3. The molecule has 1 saturated heterocycles. The number of amides is 3. The lowest BCUT2D eigenvalue weighted by molar-refractivity contribution is -0.130. The summed E-state index contributed by atoms with van der Waals surface area (Å²) in [6, 6.07) is 7.28. The third-order valence-electron chi connectivity index (χ3n) is 5.98. The maximum absolute atomic E-state index is 13.2. The highest BCUT2D eigenvalue weighted by atomic mass is 32.1. The number of rotatable bonds is 6. The van der Waals surface area contributed by atoms with Gasteiger partial charge in [-0.15, -0.1) is 11.3 Å². The second-order valence-corrected chi connectivity index (χ2v) is 9.10. The fourth-order valence-electron chi connectivity index (χ4n) is 4.39. The van der Waals surface area contributed by atoms with E-state index in [1.54, 1.807) is 39.2 Å². The molecule has 2 aliphatic heterocycles. The lowest BCUT2D eigenvalue weighted by atomic mass is 9.98. The molecular weight excluding hydrogens is 400 g/mol. The molecule has 30 heavy (non-hydrogen) atoms. The van der Waals surface area contributed by atoms with Crippen LogP contribution in [0.3, 0.4) is 0 Å². The Morgan fingerprint density at radius 3 is 2.80 bits per heavy atom. The van der Waals surface area contributed by atoms with Crippen LogP contribution in [0.1, 0.15) is 53.7 Å². The molecule has 3 heterocycles. The number of aromatic nitrogens is 1. The lowest BCUT2D eigenvalue weighted by Crippen LogP contribution is -2.62. The highest BCUT2D eigenvalue weighted by Crippen LogP contribution is 2.44. The first-order valence-corrected chi connectivity index (χ1v) is 11.1. The van der Waals surface area contributed by atoms with Crippen LogP contribution in [0.25, 0.3) is 0 Å². The van der Waals surface area contributed by atoms with Crippen LogP contribution in [0.15, 0.2) is 29.6 Å². The molecule has 0 aliphatic carbocycles. The van der Waals surface area contributed by atoms with E-state index < -0.39 is 5.66 Å². The van der Waals surface area contributed by atoms with E-state index in [2.05, 4.69) is 4.98 Å². The zero-order valence-electron chi connectivity index (χ0n) is 17.6. The number of hydrogen-bond donors (Lipinski definition) is 0. The first kappa shape index (κ1) is 20.5. The van der Waals surface area contributed by atoms with Crippen LogP contribution in [0.5, 0.6) is 0 Å². The van der Waals surface area contributed by atoms with Crippen molar-refractivity contribution in [2.24, 2.45) is 0 Å². The van der Waals surface area contributed by atoms with E-state index in [1.165, 1.54) is 0 Å². The molecule has 1 aromatic heterocycles. The van der Waals surface area contributed by atoms with Crippen molar-refractivity contribution in [3.8, 4) is 0 Å². The van der Waals surface area contributed by atoms with E-state index in [-0.39, 0.29) is 17.7 Å². The predicted octanol–water partition coefficient (Wildman–Crippen LogP) is 3.19. The minimum Gasteiger partial charge on any atom is -0.339 e. The smallest absolute Gasteiger partial charge is 0.257 e. The van der Waals surface area contributed by atoms with Crippen LogP contribution in [-0.4, -0.2) is 51.8 Å². The SMILES string of the molecule is Cc1csc(CN(C)C(=O)CCCN2C(=O)c3ccccc3N3C(=O)CCC23C)n1. The summed E-state index contributed by atoms with van der Waals surface area (Å²) in [6.07, 6.45) is 1.91. The van der Waals surface area contributed by atoms with Crippen molar-refractivity contribution >= 4 is 34.7 Å². The number of benzene rings is 1. The second kappa shape index (κ2) is 7.83. The molecule has 3 amide bonds. The molecule has 4 rings (SSSR count). The molecule has 2 aromatic rings. The quantitative estimate of drug-likeness (QED) is 0.711. The van der Waals surface area contributed by atoms with E-state index in [9.17, 15) is 14.4 Å². The Morgan fingerprint density at radius 1 is 1.30 bits per heavy atom. The highest BCUT2D eigenvalue weighted by Gasteiger charge is 2.52. The summed E-state index contributed by atoms with van der Waals surface area (Å²) < 4.78 is 0. The number of aryl methyl sites for hydroxylation is 1. The molecule has 158 valence electrons. The maximum Gasteiger partial charge on any atom is 0.257 e. The van der Waals surface area contributed by atoms with Crippen molar-refractivity contribution in [2.75, 3.05) is 18.5 Å². The zero-order valence-corrected chi connectivity index (χ0v) is 18.4. The molecule has 1 atom stereocenters. The van der Waals surface area contributed by atoms with Gasteiger partial charge in [-0.25, -0.2) is 4.98 Å². The largest absolute Gasteiger partial charge is 0.339 e. The fraction of sp³-hybridized carbons (Fsp3) is 0.455. The number of nitrogens with zero attached hydrogens (tertiary/aromatic N) is 4. The standard InChI is InChI=1S/C22H26N4O3S/c1-15-14-30-18(23-15)13-24(3)19(27)9-6-12-25-21(29)16-7-4-5-8-17(16)26-20(28)10-11-22(25,26)2/h4-5,7-8,14H,6,9-13H2,1-3H3. The van der Waals surface area contributed by atoms with Crippen molar-refractivity contribution in [3.63, 3.8) is 0 Å². The Kier molecular flexibility index (Phi) is 5.36. The summed E-state index contributed by atoms with van der Waals surface area (Å²) in [5, 5.41) is 2.89. The number of anilines is 1. The Balaban J connectivity index is 1.43. The van der Waals surface area contributed by atoms with Gasteiger partial charge in [0.15, 0.2) is 0 Å². The first-order chi connectivity index (χ1) is 14.3. The van der Waals surface area contributed by atoms with Gasteiger partial charge >= 0.3 is 0 Å². The molecule has 1 aromatic carbocycles. The van der Waals surface area contributed by atoms with Crippen LogP contribution in [0, 0.1) is 6.92 Å². The van der Waals surface area contributed by atoms with Crippen LogP contribution < -0.4 is 4.90 Å². The molecule has 8 heteroatoms. The Hall–Kier alpha value is -2.74. The molecule has 2 aliphatic rings. The van der Waals surface area contributed by atoms with Crippen molar-refractivity contribution in [1.29, 1.82) is 0 Å². The van der Waals surface area contributed by atoms with E-state index in [0.29, 0.717) is 50.0 Å². The van der Waals surface area contributed by atoms with Crippen molar-refractivity contribution in [3.05, 3.63) is 45.9 Å². The normalized spacial score (nSPS) is 20.4. The minimum absolute atomic E-state index is 0.0252. The molecule has 1 unspecified atom stereocenters. The molecule has 0 saturated carbocycles. The number of fused-ring (bicyclic) bond motifs is 3. The van der Waals surface area contributed by atoms with Gasteiger partial charge in [-0.3, -0.25) is 19.3 Å². The van der Waals surface area contributed by atoms with E-state index >= 15 is 0 Å². The van der Waals surface area contributed by atoms with Gasteiger partial charge in [-0.05, 0) is 38.8 Å². The first-order valence-electron chi connectivity index (χ1n) is 10.2. The molecule has 0 radical (unpaired) electrons. The average Bonchev–Trinajstić information content (AvgIpc) is 3.27. The zero-order chi connectivity index (χ0) is 21.5. The molecule has 0 N–H and O–H groups in total. The number of hydrogen-bond acceptors (Lipinski definition) is 5. The lowest BCUT2D eigenvalue weighted by Gasteiger charge is -2.48. The summed E-state index contributed by atoms with van der Waals surface area (Å²) in [5.74, 6) is -0.00710. The summed E-state index contributed by atoms with van der Waals surface area (Å²) in [4.78, 5) is 48.0. The van der Waals surface area contributed by atoms with E-state index in [0.717, 1.165) is 10.7 Å². The Morgan fingerprint density at radius 2 is 2.07 bits per heavy atom. The van der Waals surface area contributed by atoms with Crippen LogP contribution in [0.4, 0.5) is 5.69 Å². The number of thiazole rings is 1. The highest BCUT2D eigenvalue weighted by molar-refractivity contribution is 7.09. The summed E-state index contributed by atoms with van der Waals surface area (Å²) in [5.41, 5.74) is 1.53. The number of carbonyl (C=O) groups excluding carboxylic acids is 3. The summed E-state index contributed by atoms with van der Waals surface area (Å²) in [7, 11) is 1.78. The predicted molar refractivity (Wildman–Crippen MR) is 115 cm³/mol. The Bertz CT molecular complexity index is 1000. The van der Waals surface area contributed by atoms with E-state index in [1.807, 2.05) is 37.4 Å². The van der Waals surface area contributed by atoms with Crippen LogP contribution in [0.2, 0.25) is 0 Å². The molecule has 1 fully saturated rings. The summed E-state index contributed by atoms with van der Waals surface area (Å²) >= 11 is 1.55. The Labute approximate surface area is 180 Å². The molecular formula is C22H26N4O3S. The van der Waals surface area contributed by atoms with Gasteiger partial charge in [0.05, 0.1) is 17.8 Å². The van der Waals surface area contributed by atoms with E-state index in [4.69, 9.17) is 0 Å².